The van der Waals surface area contributed by atoms with Gasteiger partial charge in [0.25, 0.3) is 5.24 Å². The summed E-state index contributed by atoms with van der Waals surface area (Å²) in [4.78, 5) is 23.1. The smallest absolute Gasteiger partial charge is 0.279 e. The number of nitrogens with one attached hydrogen (secondary N) is 2. The molecule has 2 N–H and O–H groups in total. The molecule has 4 nitrogen and oxygen atoms in total. The van der Waals surface area contributed by atoms with Crippen LogP contribution in [0.3, 0.4) is 0 Å². The normalized spacial score (nSPS) is 18.8. The van der Waals surface area contributed by atoms with E-state index in [1.165, 1.54) is 6.07 Å². The highest BCUT2D eigenvalue weighted by Crippen LogP contribution is 2.23. The highest BCUT2D eigenvalue weighted by molar-refractivity contribution is 8.14. The fourth-order valence-electron chi connectivity index (χ4n) is 1.88. The van der Waals surface area contributed by atoms with Gasteiger partial charge in [-0.05, 0) is 31.5 Å². The van der Waals surface area contributed by atoms with Gasteiger partial charge < -0.3 is 10.6 Å². The minimum atomic E-state index is -0.963. The first kappa shape index (κ1) is 14.8. The highest BCUT2D eigenvalue weighted by Gasteiger charge is 2.32. The molecule has 0 aromatic heterocycles. The predicted octanol–water partition coefficient (Wildman–Crippen LogP) is 2.14. The van der Waals surface area contributed by atoms with Gasteiger partial charge in [-0.15, -0.1) is 0 Å². The molecule has 1 saturated heterocycles. The van der Waals surface area contributed by atoms with E-state index in [1.807, 2.05) is 0 Å². The first-order chi connectivity index (χ1) is 9.29. The van der Waals surface area contributed by atoms with E-state index in [9.17, 15) is 18.4 Å². The van der Waals surface area contributed by atoms with Crippen LogP contribution in [0.15, 0.2) is 18.2 Å². The van der Waals surface area contributed by atoms with Crippen molar-refractivity contribution in [2.24, 2.45) is 0 Å². The molecule has 2 rings (SSSR count). The van der Waals surface area contributed by atoms with Crippen LogP contribution < -0.4 is 10.6 Å². The third-order valence-electron chi connectivity index (χ3n) is 3.07. The maximum absolute atomic E-state index is 13.3. The maximum atomic E-state index is 13.3. The third-order valence-corrected chi connectivity index (χ3v) is 3.95. The lowest BCUT2D eigenvalue weighted by Crippen LogP contribution is -2.50. The lowest BCUT2D eigenvalue weighted by atomic mass is 9.93. The number of thioether (sulfide) groups is 1. The molecular formula is C13H14F2N2O2S. The van der Waals surface area contributed by atoms with Crippen LogP contribution in [0.4, 0.5) is 13.6 Å². The number of amides is 2. The van der Waals surface area contributed by atoms with Gasteiger partial charge in [0, 0.05) is 5.75 Å². The number of carbonyl (C=O) groups excluding carboxylic acids is 2. The van der Waals surface area contributed by atoms with Gasteiger partial charge in [-0.25, -0.2) is 8.78 Å². The van der Waals surface area contributed by atoms with Crippen molar-refractivity contribution in [1.29, 1.82) is 0 Å². The summed E-state index contributed by atoms with van der Waals surface area (Å²) in [5.74, 6) is -1.89. The highest BCUT2D eigenvalue weighted by atomic mass is 32.2. The number of rotatable bonds is 3. The molecule has 0 radical (unpaired) electrons. The standard InChI is InChI=1S/C13H14F2N2O2S/c1-13(2,7-3-4-8(14)9(15)5-7)17-11(18)10-6-20-12(19)16-10/h3-5,10H,6H2,1-2H3,(H,16,19)(H,17,18)/t10-/m0/s1. The summed E-state index contributed by atoms with van der Waals surface area (Å²) < 4.78 is 26.2. The summed E-state index contributed by atoms with van der Waals surface area (Å²) in [7, 11) is 0. The van der Waals surface area contributed by atoms with Gasteiger partial charge in [0.15, 0.2) is 11.6 Å². The Balaban J connectivity index is 2.11. The van der Waals surface area contributed by atoms with E-state index >= 15 is 0 Å². The van der Waals surface area contributed by atoms with Crippen LogP contribution in [0.1, 0.15) is 19.4 Å². The Labute approximate surface area is 119 Å². The van der Waals surface area contributed by atoms with E-state index < -0.39 is 23.2 Å². The molecule has 1 atom stereocenters. The van der Waals surface area contributed by atoms with Crippen molar-refractivity contribution in [3.63, 3.8) is 0 Å². The average molecular weight is 300 g/mol. The molecule has 1 aliphatic heterocycles. The monoisotopic (exact) mass is 300 g/mol. The molecule has 7 heteroatoms. The van der Waals surface area contributed by atoms with Crippen molar-refractivity contribution in [3.8, 4) is 0 Å². The Morgan fingerprint density at radius 1 is 1.40 bits per heavy atom. The molecule has 0 spiro atoms. The van der Waals surface area contributed by atoms with E-state index in [-0.39, 0.29) is 11.1 Å². The Hall–Kier alpha value is -1.63. The first-order valence-electron chi connectivity index (χ1n) is 6.00. The largest absolute Gasteiger partial charge is 0.345 e. The molecule has 1 aromatic rings. The number of halogens is 2. The second-order valence-electron chi connectivity index (χ2n) is 5.04. The molecule has 0 bridgehead atoms. The van der Waals surface area contributed by atoms with E-state index in [1.54, 1.807) is 13.8 Å². The van der Waals surface area contributed by atoms with Crippen LogP contribution >= 0.6 is 11.8 Å². The molecule has 108 valence electrons. The first-order valence-corrected chi connectivity index (χ1v) is 6.99. The topological polar surface area (TPSA) is 58.2 Å². The number of carbonyl (C=O) groups is 2. The van der Waals surface area contributed by atoms with Gasteiger partial charge in [-0.3, -0.25) is 9.59 Å². The summed E-state index contributed by atoms with van der Waals surface area (Å²) in [6.45, 7) is 3.36. The molecule has 0 unspecified atom stereocenters. The molecule has 1 fully saturated rings. The molecule has 1 aliphatic rings. The lowest BCUT2D eigenvalue weighted by Gasteiger charge is -2.28. The van der Waals surface area contributed by atoms with Crippen LogP contribution in [0, 0.1) is 11.6 Å². The van der Waals surface area contributed by atoms with Gasteiger partial charge in [0.05, 0.1) is 5.54 Å². The van der Waals surface area contributed by atoms with Gasteiger partial charge in [0.2, 0.25) is 5.91 Å². The Morgan fingerprint density at radius 2 is 2.10 bits per heavy atom. The minimum absolute atomic E-state index is 0.240. The van der Waals surface area contributed by atoms with Crippen molar-refractivity contribution in [3.05, 3.63) is 35.4 Å². The molecule has 20 heavy (non-hydrogen) atoms. The van der Waals surface area contributed by atoms with Crippen LogP contribution in [-0.4, -0.2) is 22.9 Å². The van der Waals surface area contributed by atoms with Gasteiger partial charge in [0.1, 0.15) is 6.04 Å². The molecule has 1 heterocycles. The van der Waals surface area contributed by atoms with E-state index in [0.717, 1.165) is 23.9 Å². The van der Waals surface area contributed by atoms with E-state index in [2.05, 4.69) is 10.6 Å². The molecule has 0 aliphatic carbocycles. The Bertz CT molecular complexity index is 563. The predicted molar refractivity (Wildman–Crippen MR) is 72.3 cm³/mol. The van der Waals surface area contributed by atoms with Gasteiger partial charge in [-0.1, -0.05) is 17.8 Å². The Morgan fingerprint density at radius 3 is 2.65 bits per heavy atom. The Kier molecular flexibility index (Phi) is 3.99. The molecule has 0 saturated carbocycles. The zero-order valence-electron chi connectivity index (χ0n) is 11.0. The van der Waals surface area contributed by atoms with Gasteiger partial charge >= 0.3 is 0 Å². The van der Waals surface area contributed by atoms with Crippen molar-refractivity contribution >= 4 is 22.9 Å². The summed E-state index contributed by atoms with van der Waals surface area (Å²) in [5, 5.41) is 5.01. The number of benzene rings is 1. The molecule has 2 amide bonds. The van der Waals surface area contributed by atoms with Crippen molar-refractivity contribution in [2.45, 2.75) is 25.4 Å². The zero-order chi connectivity index (χ0) is 14.9. The maximum Gasteiger partial charge on any atom is 0.279 e. The average Bonchev–Trinajstić information content (AvgIpc) is 2.79. The fourth-order valence-corrected chi connectivity index (χ4v) is 2.66. The second-order valence-corrected chi connectivity index (χ2v) is 6.03. The summed E-state index contributed by atoms with van der Waals surface area (Å²) in [6.07, 6.45) is 0. The molecular weight excluding hydrogens is 286 g/mol. The van der Waals surface area contributed by atoms with Crippen molar-refractivity contribution in [2.75, 3.05) is 5.75 Å². The van der Waals surface area contributed by atoms with E-state index in [4.69, 9.17) is 0 Å². The van der Waals surface area contributed by atoms with Crippen LogP contribution in [-0.2, 0) is 10.3 Å². The number of hydrogen-bond acceptors (Lipinski definition) is 3. The van der Waals surface area contributed by atoms with E-state index in [0.29, 0.717) is 11.3 Å². The molecule has 1 aromatic carbocycles. The van der Waals surface area contributed by atoms with Crippen LogP contribution in [0.5, 0.6) is 0 Å². The number of hydrogen-bond donors (Lipinski definition) is 2. The zero-order valence-corrected chi connectivity index (χ0v) is 11.8. The third kappa shape index (κ3) is 3.09. The SMILES string of the molecule is CC(C)(NC(=O)[C@@H]1CSC(=O)N1)c1ccc(F)c(F)c1. The minimum Gasteiger partial charge on any atom is -0.345 e. The summed E-state index contributed by atoms with van der Waals surface area (Å²) >= 11 is 1.04. The van der Waals surface area contributed by atoms with Crippen molar-refractivity contribution < 1.29 is 18.4 Å². The quantitative estimate of drug-likeness (QED) is 0.899. The fraction of sp³-hybridized carbons (Fsp3) is 0.385. The van der Waals surface area contributed by atoms with Crippen molar-refractivity contribution in [1.82, 2.24) is 10.6 Å². The summed E-state index contributed by atoms with van der Waals surface area (Å²) in [6, 6.07) is 2.89. The van der Waals surface area contributed by atoms with Gasteiger partial charge in [-0.2, -0.15) is 0 Å². The van der Waals surface area contributed by atoms with Crippen LogP contribution in [0.25, 0.3) is 0 Å². The van der Waals surface area contributed by atoms with Crippen LogP contribution in [0.2, 0.25) is 0 Å². The lowest BCUT2D eigenvalue weighted by molar-refractivity contribution is -0.124. The second kappa shape index (κ2) is 5.40. The summed E-state index contributed by atoms with van der Waals surface area (Å²) in [5.41, 5.74) is -0.425.